The quantitative estimate of drug-likeness (QED) is 0.396. The van der Waals surface area contributed by atoms with Crippen LogP contribution in [0.3, 0.4) is 0 Å². The van der Waals surface area contributed by atoms with E-state index in [4.69, 9.17) is 4.98 Å². The maximum absolute atomic E-state index is 13.6. The largest absolute Gasteiger partial charge is 0.393 e. The predicted octanol–water partition coefficient (Wildman–Crippen LogP) is 6.00. The number of benzene rings is 1. The zero-order chi connectivity index (χ0) is 28.9. The standard InChI is InChI=1S/C31H37F3N6O/c1-19-14-30(15-19,29-38-35-18-39(29)3)22-6-4-8-24(13-22)36-28(41)26-12-21(25-10-9-20(2)27(25)37-26)16-40-11-5-7-23(17-40)31(32,33)34/h4,6,8,12-13,18-20,23H,5,7,9-11,14-17H2,1-3H3,(H,36,41). The van der Waals surface area contributed by atoms with Gasteiger partial charge in [-0.1, -0.05) is 26.0 Å². The number of likely N-dealkylation sites (tertiary alicyclic amines) is 1. The lowest BCUT2D eigenvalue weighted by molar-refractivity contribution is -0.187. The topological polar surface area (TPSA) is 75.9 Å². The number of hydrogen-bond acceptors (Lipinski definition) is 5. The van der Waals surface area contributed by atoms with Crippen molar-refractivity contribution in [2.75, 3.05) is 18.4 Å². The first kappa shape index (κ1) is 27.9. The van der Waals surface area contributed by atoms with E-state index in [-0.39, 0.29) is 30.2 Å². The van der Waals surface area contributed by atoms with E-state index in [9.17, 15) is 18.0 Å². The Morgan fingerprint density at radius 1 is 1.17 bits per heavy atom. The Kier molecular flexibility index (Phi) is 7.16. The molecule has 3 aliphatic rings. The Bertz CT molecular complexity index is 1440. The molecule has 1 aliphatic heterocycles. The van der Waals surface area contributed by atoms with Gasteiger partial charge in [-0.15, -0.1) is 10.2 Å². The second-order valence-corrected chi connectivity index (χ2v) is 12.5. The van der Waals surface area contributed by atoms with E-state index < -0.39 is 12.1 Å². The second kappa shape index (κ2) is 10.5. The molecule has 2 aromatic heterocycles. The highest BCUT2D eigenvalue weighted by Crippen LogP contribution is 2.51. The molecule has 1 saturated heterocycles. The molecule has 6 rings (SSSR count). The fourth-order valence-electron chi connectivity index (χ4n) is 7.29. The summed E-state index contributed by atoms with van der Waals surface area (Å²) in [5.74, 6) is 0.0714. The van der Waals surface area contributed by atoms with Gasteiger partial charge in [0, 0.05) is 31.5 Å². The highest BCUT2D eigenvalue weighted by Gasteiger charge is 2.48. The molecule has 1 aromatic carbocycles. The van der Waals surface area contributed by atoms with Crippen LogP contribution in [0.1, 0.15) is 90.6 Å². The number of piperidine rings is 1. The maximum Gasteiger partial charge on any atom is 0.393 e. The van der Waals surface area contributed by atoms with Gasteiger partial charge in [-0.2, -0.15) is 13.2 Å². The number of fused-ring (bicyclic) bond motifs is 1. The van der Waals surface area contributed by atoms with Crippen molar-refractivity contribution in [3.05, 3.63) is 70.6 Å². The molecule has 3 aromatic rings. The van der Waals surface area contributed by atoms with Crippen LogP contribution in [0.4, 0.5) is 18.9 Å². The number of halogens is 3. The molecule has 2 atom stereocenters. The summed E-state index contributed by atoms with van der Waals surface area (Å²) in [6, 6.07) is 9.71. The zero-order valence-electron chi connectivity index (χ0n) is 23.8. The van der Waals surface area contributed by atoms with Gasteiger partial charge in [0.05, 0.1) is 11.3 Å². The fraction of sp³-hybridized carbons (Fsp3) is 0.548. The molecule has 10 heteroatoms. The average molecular weight is 567 g/mol. The van der Waals surface area contributed by atoms with Crippen LogP contribution in [0.25, 0.3) is 0 Å². The minimum atomic E-state index is -4.18. The normalized spacial score (nSPS) is 26.4. The smallest absolute Gasteiger partial charge is 0.321 e. The second-order valence-electron chi connectivity index (χ2n) is 12.5. The Hall–Kier alpha value is -3.27. The molecule has 3 heterocycles. The number of nitrogens with zero attached hydrogens (tertiary/aromatic N) is 5. The number of hydrogen-bond donors (Lipinski definition) is 1. The Balaban J connectivity index is 1.25. The minimum absolute atomic E-state index is 0.00361. The molecule has 1 N–H and O–H groups in total. The monoisotopic (exact) mass is 566 g/mol. The van der Waals surface area contributed by atoms with Crippen LogP contribution in [0.15, 0.2) is 36.7 Å². The van der Waals surface area contributed by atoms with E-state index >= 15 is 0 Å². The first-order chi connectivity index (χ1) is 19.5. The Morgan fingerprint density at radius 2 is 1.98 bits per heavy atom. The minimum Gasteiger partial charge on any atom is -0.321 e. The van der Waals surface area contributed by atoms with Crippen molar-refractivity contribution in [1.82, 2.24) is 24.6 Å². The van der Waals surface area contributed by atoms with Gasteiger partial charge in [0.15, 0.2) is 0 Å². The lowest BCUT2D eigenvalue weighted by atomic mass is 9.58. The van der Waals surface area contributed by atoms with Crippen LogP contribution >= 0.6 is 0 Å². The number of carbonyl (C=O) groups excluding carboxylic acids is 1. The van der Waals surface area contributed by atoms with Crippen molar-refractivity contribution in [3.63, 3.8) is 0 Å². The van der Waals surface area contributed by atoms with Crippen molar-refractivity contribution in [2.24, 2.45) is 18.9 Å². The molecule has 218 valence electrons. The van der Waals surface area contributed by atoms with Crippen LogP contribution in [0.2, 0.25) is 0 Å². The Morgan fingerprint density at radius 3 is 2.68 bits per heavy atom. The van der Waals surface area contributed by atoms with Crippen LogP contribution in [-0.4, -0.2) is 49.8 Å². The van der Waals surface area contributed by atoms with E-state index in [1.54, 1.807) is 12.4 Å². The van der Waals surface area contributed by atoms with Crippen molar-refractivity contribution in [2.45, 2.75) is 76.4 Å². The highest BCUT2D eigenvalue weighted by molar-refractivity contribution is 6.03. The number of amides is 1. The summed E-state index contributed by atoms with van der Waals surface area (Å²) in [6.45, 7) is 5.35. The first-order valence-electron chi connectivity index (χ1n) is 14.6. The molecule has 1 saturated carbocycles. The summed E-state index contributed by atoms with van der Waals surface area (Å²) < 4.78 is 42.3. The molecule has 0 spiro atoms. The molecule has 7 nitrogen and oxygen atoms in total. The molecule has 2 fully saturated rings. The van der Waals surface area contributed by atoms with Gasteiger partial charge in [-0.3, -0.25) is 9.69 Å². The summed E-state index contributed by atoms with van der Waals surface area (Å²) in [7, 11) is 1.96. The zero-order valence-corrected chi connectivity index (χ0v) is 23.8. The molecule has 41 heavy (non-hydrogen) atoms. The van der Waals surface area contributed by atoms with Gasteiger partial charge in [-0.05, 0) is 91.8 Å². The summed E-state index contributed by atoms with van der Waals surface area (Å²) >= 11 is 0. The first-order valence-corrected chi connectivity index (χ1v) is 14.6. The molecule has 2 aliphatic carbocycles. The molecule has 1 amide bonds. The number of carbonyl (C=O) groups is 1. The lowest BCUT2D eigenvalue weighted by Gasteiger charge is -2.46. The van der Waals surface area contributed by atoms with E-state index in [0.29, 0.717) is 36.8 Å². The Labute approximate surface area is 238 Å². The summed E-state index contributed by atoms with van der Waals surface area (Å²) in [5, 5.41) is 11.6. The summed E-state index contributed by atoms with van der Waals surface area (Å²) in [5.41, 5.74) is 4.74. The predicted molar refractivity (Wildman–Crippen MR) is 150 cm³/mol. The van der Waals surface area contributed by atoms with Gasteiger partial charge >= 0.3 is 6.18 Å². The lowest BCUT2D eigenvalue weighted by Crippen LogP contribution is -2.43. The van der Waals surface area contributed by atoms with Crippen molar-refractivity contribution >= 4 is 11.6 Å². The number of pyridine rings is 1. The van der Waals surface area contributed by atoms with Crippen LogP contribution < -0.4 is 5.32 Å². The molecular weight excluding hydrogens is 529 g/mol. The summed E-state index contributed by atoms with van der Waals surface area (Å²) in [6.07, 6.45) is 1.90. The number of aryl methyl sites for hydroxylation is 1. The van der Waals surface area contributed by atoms with E-state index in [2.05, 4.69) is 35.4 Å². The summed E-state index contributed by atoms with van der Waals surface area (Å²) in [4.78, 5) is 20.2. The van der Waals surface area contributed by atoms with Crippen molar-refractivity contribution < 1.29 is 18.0 Å². The third-order valence-electron chi connectivity index (χ3n) is 9.34. The van der Waals surface area contributed by atoms with E-state index in [1.807, 2.05) is 34.7 Å². The highest BCUT2D eigenvalue weighted by atomic mass is 19.4. The van der Waals surface area contributed by atoms with Gasteiger partial charge in [0.2, 0.25) is 0 Å². The third-order valence-corrected chi connectivity index (χ3v) is 9.34. The number of aromatic nitrogens is 4. The van der Waals surface area contributed by atoms with Gasteiger partial charge in [0.25, 0.3) is 5.91 Å². The number of alkyl halides is 3. The molecule has 2 unspecified atom stereocenters. The van der Waals surface area contributed by atoms with Crippen LogP contribution in [0, 0.1) is 11.8 Å². The molecule has 0 radical (unpaired) electrons. The van der Waals surface area contributed by atoms with Gasteiger partial charge in [0.1, 0.15) is 17.8 Å². The van der Waals surface area contributed by atoms with Gasteiger partial charge < -0.3 is 9.88 Å². The third kappa shape index (κ3) is 5.27. The fourth-order valence-corrected chi connectivity index (χ4v) is 7.29. The number of rotatable bonds is 6. The van der Waals surface area contributed by atoms with Crippen LogP contribution in [-0.2, 0) is 25.4 Å². The maximum atomic E-state index is 13.6. The van der Waals surface area contributed by atoms with Crippen LogP contribution in [0.5, 0.6) is 0 Å². The van der Waals surface area contributed by atoms with Crippen molar-refractivity contribution in [3.8, 4) is 0 Å². The number of anilines is 1. The van der Waals surface area contributed by atoms with E-state index in [0.717, 1.165) is 53.9 Å². The number of nitrogens with one attached hydrogen (secondary N) is 1. The van der Waals surface area contributed by atoms with Gasteiger partial charge in [-0.25, -0.2) is 4.98 Å². The SMILES string of the molecule is CC1CC(c2cccc(NC(=O)c3cc(CN4CCCC(C(F)(F)F)C4)c4c(n3)C(C)CC4)c2)(c2nncn2C)C1. The van der Waals surface area contributed by atoms with Crippen molar-refractivity contribution in [1.29, 1.82) is 0 Å². The van der Waals surface area contributed by atoms with E-state index in [1.165, 1.54) is 0 Å². The molecule has 0 bridgehead atoms. The average Bonchev–Trinajstić information content (AvgIpc) is 3.52. The molecular formula is C31H37F3N6O.